The summed E-state index contributed by atoms with van der Waals surface area (Å²) in [6, 6.07) is 12.0. The maximum atomic E-state index is 12.9. The van der Waals surface area contributed by atoms with E-state index in [9.17, 15) is 8.42 Å². The van der Waals surface area contributed by atoms with Crippen LogP contribution in [0.1, 0.15) is 16.8 Å². The van der Waals surface area contributed by atoms with Crippen LogP contribution < -0.4 is 9.46 Å². The van der Waals surface area contributed by atoms with Crippen LogP contribution in [0.4, 0.5) is 5.69 Å². The normalized spacial score (nSPS) is 11.4. The summed E-state index contributed by atoms with van der Waals surface area (Å²) in [6.07, 6.45) is 0. The van der Waals surface area contributed by atoms with Crippen molar-refractivity contribution < 1.29 is 17.7 Å². The second-order valence-corrected chi connectivity index (χ2v) is 7.71. The van der Waals surface area contributed by atoms with Gasteiger partial charge in [-0.25, -0.2) is 8.42 Å². The molecule has 1 N–H and O–H groups in total. The van der Waals surface area contributed by atoms with Crippen molar-refractivity contribution in [3.63, 3.8) is 0 Å². The van der Waals surface area contributed by atoms with Crippen LogP contribution >= 0.6 is 0 Å². The van der Waals surface area contributed by atoms with E-state index in [4.69, 9.17) is 9.26 Å². The minimum atomic E-state index is -3.85. The number of nitrogens with zero attached hydrogens (tertiary/aromatic N) is 1. The van der Waals surface area contributed by atoms with Crippen LogP contribution in [0.5, 0.6) is 5.75 Å². The summed E-state index contributed by atoms with van der Waals surface area (Å²) in [7, 11) is -2.41. The second kappa shape index (κ2) is 6.84. The molecule has 3 aromatic rings. The van der Waals surface area contributed by atoms with Gasteiger partial charge in [0, 0.05) is 16.8 Å². The zero-order valence-corrected chi connectivity index (χ0v) is 15.8. The number of anilines is 1. The first-order chi connectivity index (χ1) is 12.3. The van der Waals surface area contributed by atoms with Crippen molar-refractivity contribution in [1.29, 1.82) is 0 Å². The Morgan fingerprint density at radius 3 is 2.46 bits per heavy atom. The maximum Gasteiger partial charge on any atom is 0.265 e. The van der Waals surface area contributed by atoms with Crippen molar-refractivity contribution in [1.82, 2.24) is 5.16 Å². The van der Waals surface area contributed by atoms with E-state index in [0.717, 1.165) is 16.8 Å². The molecule has 0 amide bonds. The van der Waals surface area contributed by atoms with Gasteiger partial charge in [-0.1, -0.05) is 17.3 Å². The number of methoxy groups -OCH3 is 1. The molecule has 136 valence electrons. The summed E-state index contributed by atoms with van der Waals surface area (Å²) in [5.41, 5.74) is 3.69. The van der Waals surface area contributed by atoms with E-state index in [0.29, 0.717) is 17.0 Å². The molecule has 0 bridgehead atoms. The van der Waals surface area contributed by atoms with E-state index >= 15 is 0 Å². The van der Waals surface area contributed by atoms with Crippen molar-refractivity contribution in [2.24, 2.45) is 0 Å². The van der Waals surface area contributed by atoms with Crippen molar-refractivity contribution in [2.45, 2.75) is 25.7 Å². The molecule has 0 aliphatic rings. The van der Waals surface area contributed by atoms with Gasteiger partial charge in [0.15, 0.2) is 5.76 Å². The predicted molar refractivity (Wildman–Crippen MR) is 100.0 cm³/mol. The number of aryl methyl sites for hydroxylation is 2. The molecule has 1 heterocycles. The Morgan fingerprint density at radius 1 is 1.08 bits per heavy atom. The lowest BCUT2D eigenvalue weighted by Crippen LogP contribution is -2.14. The standard InChI is InChI=1S/C19H20N2O4S/c1-12-6-5-7-16(10-12)21-26(22,23)18-11-15(8-9-17(18)24-4)19-13(2)14(3)20-25-19/h5-11,21H,1-4H3. The molecule has 0 radical (unpaired) electrons. The lowest BCUT2D eigenvalue weighted by atomic mass is 10.1. The summed E-state index contributed by atoms with van der Waals surface area (Å²) < 4.78 is 39.1. The van der Waals surface area contributed by atoms with E-state index in [2.05, 4.69) is 9.88 Å². The van der Waals surface area contributed by atoms with Gasteiger partial charge in [0.2, 0.25) is 0 Å². The third-order valence-corrected chi connectivity index (χ3v) is 5.55. The molecular formula is C19H20N2O4S. The predicted octanol–water partition coefficient (Wildman–Crippen LogP) is 4.08. The van der Waals surface area contributed by atoms with E-state index in [1.807, 2.05) is 26.8 Å². The monoisotopic (exact) mass is 372 g/mol. The highest BCUT2D eigenvalue weighted by Gasteiger charge is 2.22. The fraction of sp³-hybridized carbons (Fsp3) is 0.211. The number of rotatable bonds is 5. The lowest BCUT2D eigenvalue weighted by Gasteiger charge is -2.13. The van der Waals surface area contributed by atoms with Gasteiger partial charge in [-0.2, -0.15) is 0 Å². The van der Waals surface area contributed by atoms with Crippen molar-refractivity contribution in [2.75, 3.05) is 11.8 Å². The van der Waals surface area contributed by atoms with Crippen LogP contribution in [0.2, 0.25) is 0 Å². The maximum absolute atomic E-state index is 12.9. The first kappa shape index (κ1) is 18.0. The third kappa shape index (κ3) is 3.43. The quantitative estimate of drug-likeness (QED) is 0.730. The SMILES string of the molecule is COc1ccc(-c2onc(C)c2C)cc1S(=O)(=O)Nc1cccc(C)c1. The third-order valence-electron chi connectivity index (χ3n) is 4.14. The fourth-order valence-electron chi connectivity index (χ4n) is 2.63. The highest BCUT2D eigenvalue weighted by atomic mass is 32.2. The van der Waals surface area contributed by atoms with Gasteiger partial charge < -0.3 is 9.26 Å². The molecule has 0 saturated carbocycles. The molecule has 7 heteroatoms. The zero-order valence-electron chi connectivity index (χ0n) is 15.0. The van der Waals surface area contributed by atoms with E-state index in [1.165, 1.54) is 13.2 Å². The van der Waals surface area contributed by atoms with Gasteiger partial charge in [0.1, 0.15) is 10.6 Å². The largest absolute Gasteiger partial charge is 0.495 e. The topological polar surface area (TPSA) is 81.4 Å². The lowest BCUT2D eigenvalue weighted by molar-refractivity contribution is 0.402. The van der Waals surface area contributed by atoms with Gasteiger partial charge >= 0.3 is 0 Å². The fourth-order valence-corrected chi connectivity index (χ4v) is 3.88. The summed E-state index contributed by atoms with van der Waals surface area (Å²) in [5.74, 6) is 0.792. The summed E-state index contributed by atoms with van der Waals surface area (Å²) in [5, 5.41) is 3.93. The summed E-state index contributed by atoms with van der Waals surface area (Å²) in [6.45, 7) is 5.61. The van der Waals surface area contributed by atoms with Crippen LogP contribution in [0, 0.1) is 20.8 Å². The van der Waals surface area contributed by atoms with Crippen LogP contribution in [0.25, 0.3) is 11.3 Å². The zero-order chi connectivity index (χ0) is 18.9. The molecule has 0 fully saturated rings. The molecule has 26 heavy (non-hydrogen) atoms. The number of hydrogen-bond acceptors (Lipinski definition) is 5. The van der Waals surface area contributed by atoms with Crippen LogP contribution in [-0.4, -0.2) is 20.7 Å². The molecule has 0 spiro atoms. The van der Waals surface area contributed by atoms with Gasteiger partial charge in [-0.3, -0.25) is 4.72 Å². The summed E-state index contributed by atoms with van der Waals surface area (Å²) in [4.78, 5) is 0.0347. The highest BCUT2D eigenvalue weighted by Crippen LogP contribution is 2.33. The Kier molecular flexibility index (Phi) is 4.73. The average Bonchev–Trinajstić information content (AvgIpc) is 2.93. The molecular weight excluding hydrogens is 352 g/mol. The first-order valence-corrected chi connectivity index (χ1v) is 9.51. The Morgan fingerprint density at radius 2 is 1.85 bits per heavy atom. The Hall–Kier alpha value is -2.80. The molecule has 0 atom stereocenters. The minimum absolute atomic E-state index is 0.0347. The molecule has 0 unspecified atom stereocenters. The molecule has 0 aliphatic carbocycles. The molecule has 3 rings (SSSR count). The second-order valence-electron chi connectivity index (χ2n) is 6.06. The van der Waals surface area contributed by atoms with Crippen molar-refractivity contribution in [3.8, 4) is 17.1 Å². The number of sulfonamides is 1. The number of benzene rings is 2. The van der Waals surface area contributed by atoms with Gasteiger partial charge in [0.25, 0.3) is 10.0 Å². The minimum Gasteiger partial charge on any atom is -0.495 e. The van der Waals surface area contributed by atoms with Crippen LogP contribution in [-0.2, 0) is 10.0 Å². The van der Waals surface area contributed by atoms with Crippen molar-refractivity contribution >= 4 is 15.7 Å². The number of aromatic nitrogens is 1. The van der Waals surface area contributed by atoms with E-state index in [1.54, 1.807) is 30.3 Å². The van der Waals surface area contributed by atoms with Crippen LogP contribution in [0.3, 0.4) is 0 Å². The van der Waals surface area contributed by atoms with Crippen LogP contribution in [0.15, 0.2) is 51.9 Å². The molecule has 1 aromatic heterocycles. The average molecular weight is 372 g/mol. The smallest absolute Gasteiger partial charge is 0.265 e. The molecule has 2 aromatic carbocycles. The molecule has 0 saturated heterocycles. The Bertz CT molecular complexity index is 1060. The van der Waals surface area contributed by atoms with Crippen molar-refractivity contribution in [3.05, 3.63) is 59.3 Å². The molecule has 6 nitrogen and oxygen atoms in total. The van der Waals surface area contributed by atoms with Gasteiger partial charge in [0.05, 0.1) is 12.8 Å². The Balaban J connectivity index is 2.07. The van der Waals surface area contributed by atoms with Gasteiger partial charge in [-0.05, 0) is 56.7 Å². The number of nitrogens with one attached hydrogen (secondary N) is 1. The molecule has 0 aliphatic heterocycles. The van der Waals surface area contributed by atoms with E-state index < -0.39 is 10.0 Å². The van der Waals surface area contributed by atoms with E-state index in [-0.39, 0.29) is 10.6 Å². The Labute approximate surface area is 152 Å². The number of hydrogen-bond donors (Lipinski definition) is 1. The van der Waals surface area contributed by atoms with Gasteiger partial charge in [-0.15, -0.1) is 0 Å². The summed E-state index contributed by atoms with van der Waals surface area (Å²) >= 11 is 0. The first-order valence-electron chi connectivity index (χ1n) is 8.02. The number of ether oxygens (including phenoxy) is 1. The highest BCUT2D eigenvalue weighted by molar-refractivity contribution is 7.92.